The van der Waals surface area contributed by atoms with Gasteiger partial charge in [-0.3, -0.25) is 4.79 Å². The maximum absolute atomic E-state index is 11.7. The molecule has 21 heavy (non-hydrogen) atoms. The molecule has 0 fully saturated rings. The minimum absolute atomic E-state index is 0.0723. The lowest BCUT2D eigenvalue weighted by Crippen LogP contribution is -2.15. The summed E-state index contributed by atoms with van der Waals surface area (Å²) in [5.41, 5.74) is 1.90. The predicted octanol–water partition coefficient (Wildman–Crippen LogP) is 1.65. The van der Waals surface area contributed by atoms with Gasteiger partial charge in [-0.05, 0) is 12.1 Å². The summed E-state index contributed by atoms with van der Waals surface area (Å²) >= 11 is 0. The van der Waals surface area contributed by atoms with Gasteiger partial charge in [-0.15, -0.1) is 0 Å². The highest BCUT2D eigenvalue weighted by molar-refractivity contribution is 7.90. The maximum atomic E-state index is 11.7. The molecule has 0 atom stereocenters. The molecule has 1 aromatic carbocycles. The molecule has 0 saturated heterocycles. The van der Waals surface area contributed by atoms with E-state index >= 15 is 0 Å². The van der Waals surface area contributed by atoms with Crippen molar-refractivity contribution in [3.05, 3.63) is 41.6 Å². The average Bonchev–Trinajstić information content (AvgIpc) is 2.93. The van der Waals surface area contributed by atoms with Crippen LogP contribution >= 0.6 is 0 Å². The molecular formula is C14H15N3O3S. The van der Waals surface area contributed by atoms with E-state index in [-0.39, 0.29) is 17.4 Å². The number of para-hydroxylation sites is 1. The molecule has 1 aromatic heterocycles. The van der Waals surface area contributed by atoms with Crippen molar-refractivity contribution in [2.45, 2.75) is 24.9 Å². The number of hydrogen-bond donors (Lipinski definition) is 1. The van der Waals surface area contributed by atoms with Gasteiger partial charge in [0.05, 0.1) is 22.9 Å². The van der Waals surface area contributed by atoms with Crippen LogP contribution in [0.5, 0.6) is 0 Å². The number of sulfone groups is 1. The summed E-state index contributed by atoms with van der Waals surface area (Å²) in [6.07, 6.45) is 0.321. The molecule has 3 rings (SSSR count). The van der Waals surface area contributed by atoms with Gasteiger partial charge in [0.1, 0.15) is 5.82 Å². The third-order valence-electron chi connectivity index (χ3n) is 3.37. The number of nitrogens with zero attached hydrogens (tertiary/aromatic N) is 2. The van der Waals surface area contributed by atoms with Crippen molar-refractivity contribution in [1.82, 2.24) is 9.78 Å². The van der Waals surface area contributed by atoms with Crippen LogP contribution in [0, 0.1) is 0 Å². The second kappa shape index (κ2) is 5.00. The Hall–Kier alpha value is -2.15. The van der Waals surface area contributed by atoms with Crippen molar-refractivity contribution in [3.63, 3.8) is 0 Å². The summed E-state index contributed by atoms with van der Waals surface area (Å²) in [5.74, 6) is 0.148. The molecule has 7 heteroatoms. The quantitative estimate of drug-likeness (QED) is 0.935. The van der Waals surface area contributed by atoms with Gasteiger partial charge in [0.15, 0.2) is 9.84 Å². The third-order valence-corrected chi connectivity index (χ3v) is 4.81. The summed E-state index contributed by atoms with van der Waals surface area (Å²) in [5, 5.41) is 7.14. The number of rotatable bonds is 3. The zero-order chi connectivity index (χ0) is 15.0. The van der Waals surface area contributed by atoms with E-state index in [1.54, 1.807) is 11.6 Å². The Morgan fingerprint density at radius 2 is 2.00 bits per heavy atom. The van der Waals surface area contributed by atoms with Gasteiger partial charge in [-0.25, -0.2) is 13.1 Å². The molecule has 2 aromatic rings. The molecule has 0 aliphatic carbocycles. The van der Waals surface area contributed by atoms with Crippen molar-refractivity contribution in [2.24, 2.45) is 0 Å². The van der Waals surface area contributed by atoms with Crippen LogP contribution in [0.25, 0.3) is 5.69 Å². The number of carbonyl (C=O) groups excluding carboxylic acids is 1. The first kappa shape index (κ1) is 13.8. The molecule has 6 nitrogen and oxygen atoms in total. The van der Waals surface area contributed by atoms with Crippen LogP contribution in [0.2, 0.25) is 0 Å². The molecule has 2 heterocycles. The van der Waals surface area contributed by atoms with E-state index < -0.39 is 9.84 Å². The summed E-state index contributed by atoms with van der Waals surface area (Å²) in [6.45, 7) is 1.75. The zero-order valence-corrected chi connectivity index (χ0v) is 12.4. The Kier molecular flexibility index (Phi) is 3.29. The Balaban J connectivity index is 2.12. The molecule has 1 aliphatic rings. The first-order valence-electron chi connectivity index (χ1n) is 6.66. The van der Waals surface area contributed by atoms with Crippen molar-refractivity contribution < 1.29 is 13.2 Å². The summed E-state index contributed by atoms with van der Waals surface area (Å²) in [4.78, 5) is 11.7. The number of fused-ring (bicyclic) bond motifs is 1. The first-order valence-corrected chi connectivity index (χ1v) is 8.49. The normalized spacial score (nSPS) is 15.7. The number of anilines is 1. The van der Waals surface area contributed by atoms with E-state index in [2.05, 4.69) is 10.4 Å². The van der Waals surface area contributed by atoms with Crippen molar-refractivity contribution in [1.29, 1.82) is 0 Å². The second-order valence-electron chi connectivity index (χ2n) is 4.96. The molecule has 1 aliphatic heterocycles. The van der Waals surface area contributed by atoms with Crippen LogP contribution in [-0.2, 0) is 26.1 Å². The molecule has 0 spiro atoms. The maximum Gasteiger partial charge on any atom is 0.225 e. The SMILES string of the molecule is CCC(=O)Nc1c2c(nn1-c1ccccc1)CS(=O)(=O)C2. The standard InChI is InChI=1S/C14H15N3O3S/c1-2-13(18)15-14-11-8-21(19,20)9-12(11)16-17(14)10-6-4-3-5-7-10/h3-7H,2,8-9H2,1H3,(H,15,18). The summed E-state index contributed by atoms with van der Waals surface area (Å²) in [6, 6.07) is 9.33. The van der Waals surface area contributed by atoms with E-state index in [4.69, 9.17) is 0 Å². The van der Waals surface area contributed by atoms with E-state index in [0.29, 0.717) is 23.5 Å². The number of benzene rings is 1. The lowest BCUT2D eigenvalue weighted by Gasteiger charge is -2.10. The summed E-state index contributed by atoms with van der Waals surface area (Å²) in [7, 11) is -3.15. The van der Waals surface area contributed by atoms with E-state index in [1.165, 1.54) is 0 Å². The third kappa shape index (κ3) is 2.56. The Morgan fingerprint density at radius 1 is 1.29 bits per heavy atom. The van der Waals surface area contributed by atoms with E-state index in [9.17, 15) is 13.2 Å². The molecule has 0 radical (unpaired) electrons. The van der Waals surface area contributed by atoms with Gasteiger partial charge in [0.2, 0.25) is 5.91 Å². The Bertz CT molecular complexity index is 794. The number of hydrogen-bond acceptors (Lipinski definition) is 4. The minimum atomic E-state index is -3.15. The molecular weight excluding hydrogens is 290 g/mol. The van der Waals surface area contributed by atoms with Gasteiger partial charge < -0.3 is 5.32 Å². The smallest absolute Gasteiger partial charge is 0.225 e. The number of nitrogens with one attached hydrogen (secondary N) is 1. The van der Waals surface area contributed by atoms with Crippen LogP contribution in [0.1, 0.15) is 24.6 Å². The monoisotopic (exact) mass is 305 g/mol. The fraction of sp³-hybridized carbons (Fsp3) is 0.286. The predicted molar refractivity (Wildman–Crippen MR) is 78.8 cm³/mol. The minimum Gasteiger partial charge on any atom is -0.310 e. The fourth-order valence-corrected chi connectivity index (χ4v) is 3.84. The zero-order valence-electron chi connectivity index (χ0n) is 11.5. The Labute approximate surface area is 122 Å². The molecule has 0 saturated carbocycles. The van der Waals surface area contributed by atoms with E-state index in [0.717, 1.165) is 5.69 Å². The van der Waals surface area contributed by atoms with Crippen molar-refractivity contribution in [2.75, 3.05) is 5.32 Å². The van der Waals surface area contributed by atoms with Crippen LogP contribution in [-0.4, -0.2) is 24.1 Å². The lowest BCUT2D eigenvalue weighted by molar-refractivity contribution is -0.115. The van der Waals surface area contributed by atoms with Crippen molar-refractivity contribution >= 4 is 21.6 Å². The van der Waals surface area contributed by atoms with Gasteiger partial charge >= 0.3 is 0 Å². The number of aromatic nitrogens is 2. The van der Waals surface area contributed by atoms with Gasteiger partial charge in [-0.2, -0.15) is 5.10 Å². The van der Waals surface area contributed by atoms with Gasteiger partial charge in [-0.1, -0.05) is 25.1 Å². The molecule has 0 bridgehead atoms. The molecule has 0 unspecified atom stereocenters. The first-order chi connectivity index (χ1) is 10.00. The van der Waals surface area contributed by atoms with Crippen LogP contribution in [0.4, 0.5) is 5.82 Å². The highest BCUT2D eigenvalue weighted by atomic mass is 32.2. The van der Waals surface area contributed by atoms with Crippen LogP contribution < -0.4 is 5.32 Å². The van der Waals surface area contributed by atoms with Crippen molar-refractivity contribution in [3.8, 4) is 5.69 Å². The molecule has 110 valence electrons. The molecule has 1 N–H and O–H groups in total. The van der Waals surface area contributed by atoms with Gasteiger partial charge in [0.25, 0.3) is 0 Å². The highest BCUT2D eigenvalue weighted by Crippen LogP contribution is 2.32. The topological polar surface area (TPSA) is 81.1 Å². The number of amides is 1. The fourth-order valence-electron chi connectivity index (χ4n) is 2.35. The van der Waals surface area contributed by atoms with Crippen LogP contribution in [0.15, 0.2) is 30.3 Å². The number of carbonyl (C=O) groups is 1. The summed E-state index contributed by atoms with van der Waals surface area (Å²) < 4.78 is 25.1. The van der Waals surface area contributed by atoms with Gasteiger partial charge in [0, 0.05) is 12.0 Å². The Morgan fingerprint density at radius 3 is 2.67 bits per heavy atom. The average molecular weight is 305 g/mol. The largest absolute Gasteiger partial charge is 0.310 e. The van der Waals surface area contributed by atoms with E-state index in [1.807, 2.05) is 30.3 Å². The molecule has 1 amide bonds. The van der Waals surface area contributed by atoms with Crippen LogP contribution in [0.3, 0.4) is 0 Å². The highest BCUT2D eigenvalue weighted by Gasteiger charge is 2.32. The second-order valence-corrected chi connectivity index (χ2v) is 7.02. The lowest BCUT2D eigenvalue weighted by atomic mass is 10.2.